The van der Waals surface area contributed by atoms with Crippen LogP contribution in [0.5, 0.6) is 0 Å². The van der Waals surface area contributed by atoms with Crippen LogP contribution in [-0.4, -0.2) is 39.5 Å². The van der Waals surface area contributed by atoms with Gasteiger partial charge in [-0.25, -0.2) is 19.6 Å². The third kappa shape index (κ3) is 3.61. The molecule has 2 saturated carbocycles. The van der Waals surface area contributed by atoms with E-state index in [0.717, 1.165) is 6.07 Å². The van der Waals surface area contributed by atoms with Crippen molar-refractivity contribution in [2.45, 2.75) is 62.4 Å². The van der Waals surface area contributed by atoms with Crippen molar-refractivity contribution in [3.8, 4) is 0 Å². The van der Waals surface area contributed by atoms with E-state index in [1.54, 1.807) is 19.3 Å². The van der Waals surface area contributed by atoms with Crippen LogP contribution in [0.25, 0.3) is 11.0 Å². The number of aromatic nitrogens is 4. The molecule has 38 heavy (non-hydrogen) atoms. The summed E-state index contributed by atoms with van der Waals surface area (Å²) < 4.78 is 89.6. The summed E-state index contributed by atoms with van der Waals surface area (Å²) in [6.45, 7) is 1.51. The lowest BCUT2D eigenvalue weighted by molar-refractivity contribution is -0.167. The Labute approximate surface area is 212 Å². The second kappa shape index (κ2) is 7.90. The molecule has 3 fully saturated rings. The molecule has 0 bridgehead atoms. The van der Waals surface area contributed by atoms with Gasteiger partial charge in [-0.05, 0) is 50.3 Å². The van der Waals surface area contributed by atoms with Crippen LogP contribution < -0.4 is 11.0 Å². The zero-order valence-electron chi connectivity index (χ0n) is 20.4. The van der Waals surface area contributed by atoms with Gasteiger partial charge in [0.15, 0.2) is 5.65 Å². The molecule has 0 spiro atoms. The van der Waals surface area contributed by atoms with Crippen molar-refractivity contribution in [2.24, 2.45) is 5.41 Å². The summed E-state index contributed by atoms with van der Waals surface area (Å²) >= 11 is 0. The molecular weight excluding hydrogens is 516 g/mol. The Morgan fingerprint density at radius 2 is 1.84 bits per heavy atom. The minimum atomic E-state index is -4.72. The molecule has 202 valence electrons. The van der Waals surface area contributed by atoms with Crippen LogP contribution in [0.15, 0.2) is 29.2 Å². The zero-order valence-corrected chi connectivity index (χ0v) is 20.4. The number of alkyl halides is 6. The van der Waals surface area contributed by atoms with E-state index in [1.165, 1.54) is 17.7 Å². The molecule has 0 amide bonds. The molecule has 2 aliphatic carbocycles. The van der Waals surface area contributed by atoms with E-state index < -0.39 is 34.8 Å². The van der Waals surface area contributed by atoms with Gasteiger partial charge in [0.05, 0.1) is 28.5 Å². The van der Waals surface area contributed by atoms with E-state index in [1.807, 2.05) is 0 Å². The Bertz CT molecular complexity index is 1510. The molecule has 1 saturated heterocycles. The van der Waals surface area contributed by atoms with Gasteiger partial charge in [-0.15, -0.1) is 0 Å². The number of rotatable bonds is 4. The third-order valence-corrected chi connectivity index (χ3v) is 8.27. The smallest absolute Gasteiger partial charge is 0.373 e. The molecule has 3 aromatic heterocycles. The average molecular weight is 539 g/mol. The van der Waals surface area contributed by atoms with Crippen LogP contribution >= 0.6 is 0 Å². The summed E-state index contributed by atoms with van der Waals surface area (Å²) in [7, 11) is 1.59. The van der Waals surface area contributed by atoms with Crippen molar-refractivity contribution in [3.63, 3.8) is 0 Å². The second-order valence-corrected chi connectivity index (χ2v) is 10.4. The summed E-state index contributed by atoms with van der Waals surface area (Å²) in [6, 6.07) is 3.88. The quantitative estimate of drug-likeness (QED) is 0.475. The van der Waals surface area contributed by atoms with Crippen LogP contribution in [0.1, 0.15) is 66.0 Å². The third-order valence-electron chi connectivity index (χ3n) is 8.27. The first kappa shape index (κ1) is 25.1. The number of aryl methyl sites for hydroxylation is 1. The highest BCUT2D eigenvalue weighted by Crippen LogP contribution is 2.90. The van der Waals surface area contributed by atoms with Gasteiger partial charge in [-0.3, -0.25) is 4.79 Å². The minimum Gasteiger partial charge on any atom is -0.373 e. The number of halogens is 6. The van der Waals surface area contributed by atoms with Crippen molar-refractivity contribution >= 4 is 11.0 Å². The molecule has 6 rings (SSSR count). The Morgan fingerprint density at radius 1 is 1.11 bits per heavy atom. The molecule has 0 aromatic carbocycles. The van der Waals surface area contributed by atoms with Gasteiger partial charge in [0.1, 0.15) is 5.82 Å². The van der Waals surface area contributed by atoms with Crippen LogP contribution in [0, 0.1) is 12.3 Å². The first-order valence-electron chi connectivity index (χ1n) is 12.2. The monoisotopic (exact) mass is 539 g/mol. The fraction of sp³-hybridized carbons (Fsp3) is 0.520. The highest BCUT2D eigenvalue weighted by molar-refractivity contribution is 5.82. The van der Waals surface area contributed by atoms with Crippen LogP contribution in [0.4, 0.5) is 26.3 Å². The number of pyridine rings is 2. The van der Waals surface area contributed by atoms with Crippen molar-refractivity contribution in [1.29, 1.82) is 0 Å². The molecule has 3 aliphatic rings. The topological polar surface area (TPSA) is 81.9 Å². The lowest BCUT2D eigenvalue weighted by Crippen LogP contribution is -2.27. The van der Waals surface area contributed by atoms with E-state index in [0.29, 0.717) is 25.0 Å². The first-order valence-corrected chi connectivity index (χ1v) is 12.2. The predicted molar refractivity (Wildman–Crippen MR) is 123 cm³/mol. The molecule has 13 heteroatoms. The van der Waals surface area contributed by atoms with Crippen molar-refractivity contribution in [1.82, 2.24) is 19.6 Å². The van der Waals surface area contributed by atoms with Gasteiger partial charge in [-0.1, -0.05) is 0 Å². The Balaban J connectivity index is 1.43. The average Bonchev–Trinajstić information content (AvgIpc) is 3.71. The van der Waals surface area contributed by atoms with Crippen molar-refractivity contribution in [2.75, 3.05) is 19.1 Å². The molecular formula is C25H23F6N5O2. The molecule has 2 atom stereocenters. The maximum Gasteiger partial charge on any atom is 0.418 e. The summed E-state index contributed by atoms with van der Waals surface area (Å²) in [6.07, 6.45) is -7.57. The number of hydrogen-bond acceptors (Lipinski definition) is 6. The van der Waals surface area contributed by atoms with Gasteiger partial charge >= 0.3 is 12.4 Å². The number of nitrogens with one attached hydrogen (secondary N) is 1. The lowest BCUT2D eigenvalue weighted by Gasteiger charge is -2.29. The standard InChI is InChI=1S/C25H23F6N5O2/c1-12-16(24(26,27)28)8-15-19(22-10-23(22,11-22)25(29,30)31)34-20(35-21(15)33-12)13-5-6-38-17(7-13)14-3-4-18(37)36(9-14)32-2/h3-4,8-9,13,17,32H,5-7,10-11H2,1-2H3. The first-order chi connectivity index (χ1) is 17.8. The number of hydrogen-bond donors (Lipinski definition) is 1. The molecule has 0 radical (unpaired) electrons. The van der Waals surface area contributed by atoms with Gasteiger partial charge in [0.25, 0.3) is 5.56 Å². The van der Waals surface area contributed by atoms with Crippen molar-refractivity contribution < 1.29 is 31.1 Å². The van der Waals surface area contributed by atoms with Crippen LogP contribution in [0.2, 0.25) is 0 Å². The number of fused-ring (bicyclic) bond motifs is 2. The van der Waals surface area contributed by atoms with Crippen LogP contribution in [0.3, 0.4) is 0 Å². The summed E-state index contributed by atoms with van der Waals surface area (Å²) in [5.41, 5.74) is -1.42. The molecule has 2 unspecified atom stereocenters. The largest absolute Gasteiger partial charge is 0.418 e. The molecule has 3 aromatic rings. The summed E-state index contributed by atoms with van der Waals surface area (Å²) in [5, 5.41) is -0.0833. The van der Waals surface area contributed by atoms with Gasteiger partial charge in [0.2, 0.25) is 0 Å². The van der Waals surface area contributed by atoms with Crippen molar-refractivity contribution in [3.05, 3.63) is 63.1 Å². The maximum absolute atomic E-state index is 13.8. The van der Waals surface area contributed by atoms with Gasteiger partial charge < -0.3 is 10.2 Å². The molecule has 1 aliphatic heterocycles. The highest BCUT2D eigenvalue weighted by atomic mass is 19.4. The maximum atomic E-state index is 13.8. The highest BCUT2D eigenvalue weighted by Gasteiger charge is 2.94. The molecule has 1 N–H and O–H groups in total. The van der Waals surface area contributed by atoms with E-state index in [9.17, 15) is 31.1 Å². The number of ether oxygens (including phenoxy) is 1. The number of nitrogens with zero attached hydrogens (tertiary/aromatic N) is 4. The van der Waals surface area contributed by atoms with Crippen LogP contribution in [-0.2, 0) is 16.3 Å². The fourth-order valence-corrected chi connectivity index (χ4v) is 5.88. The summed E-state index contributed by atoms with van der Waals surface area (Å²) in [4.78, 5) is 25.0. The SMILES string of the molecule is CNn1cc(C2CC(c3nc(C45CC4(C(F)(F)F)C5)c4cc(C(F)(F)F)c(C)nc4n3)CCO2)ccc1=O. The predicted octanol–water partition coefficient (Wildman–Crippen LogP) is 4.92. The molecule has 7 nitrogen and oxygen atoms in total. The molecule has 4 heterocycles. The Morgan fingerprint density at radius 3 is 2.47 bits per heavy atom. The van der Waals surface area contributed by atoms with E-state index >= 15 is 0 Å². The minimum absolute atomic E-state index is 0.000371. The Kier molecular flexibility index (Phi) is 5.21. The normalized spacial score (nSPS) is 28.7. The van der Waals surface area contributed by atoms with E-state index in [4.69, 9.17) is 4.74 Å². The summed E-state index contributed by atoms with van der Waals surface area (Å²) in [5.74, 6) is -0.0795. The van der Waals surface area contributed by atoms with Gasteiger partial charge in [0, 0.05) is 42.6 Å². The van der Waals surface area contributed by atoms with E-state index in [-0.39, 0.29) is 52.6 Å². The van der Waals surface area contributed by atoms with Gasteiger partial charge in [-0.2, -0.15) is 26.3 Å². The zero-order chi connectivity index (χ0) is 27.3. The fourth-order valence-electron chi connectivity index (χ4n) is 5.88. The van der Waals surface area contributed by atoms with E-state index in [2.05, 4.69) is 20.4 Å². The second-order valence-electron chi connectivity index (χ2n) is 10.4. The lowest BCUT2D eigenvalue weighted by atomic mass is 9.91. The Hall–Kier alpha value is -3.22.